The molecule has 2 amide bonds. The Hall–Kier alpha value is -1.35. The summed E-state index contributed by atoms with van der Waals surface area (Å²) in [5.41, 5.74) is 0.679. The van der Waals surface area contributed by atoms with Crippen LogP contribution in [0.2, 0.25) is 0 Å². The van der Waals surface area contributed by atoms with Gasteiger partial charge in [-0.2, -0.15) is 0 Å². The minimum absolute atomic E-state index is 0.205. The number of halogens is 2. The van der Waals surface area contributed by atoms with Crippen molar-refractivity contribution >= 4 is 86.1 Å². The molecule has 1 heterocycles. The van der Waals surface area contributed by atoms with Gasteiger partial charge in [-0.25, -0.2) is 9.59 Å². The fourth-order valence-electron chi connectivity index (χ4n) is 2.38. The Morgan fingerprint density at radius 3 is 2.41 bits per heavy atom. The third kappa shape index (κ3) is 5.84. The van der Waals surface area contributed by atoms with Crippen molar-refractivity contribution in [3.63, 3.8) is 0 Å². The fraction of sp³-hybridized carbons (Fsp3) is 0.333. The van der Waals surface area contributed by atoms with Gasteiger partial charge in [-0.15, -0.1) is 0 Å². The number of rotatable bonds is 7. The van der Waals surface area contributed by atoms with Crippen molar-refractivity contribution in [1.29, 1.82) is 0 Å². The van der Waals surface area contributed by atoms with Crippen LogP contribution in [0.3, 0.4) is 0 Å². The smallest absolute Gasteiger partial charge is 0.344 e. The van der Waals surface area contributed by atoms with Crippen molar-refractivity contribution in [2.75, 3.05) is 20.3 Å². The van der Waals surface area contributed by atoms with Crippen LogP contribution in [0.15, 0.2) is 17.0 Å². The third-order valence-electron chi connectivity index (χ3n) is 3.71. The quantitative estimate of drug-likeness (QED) is 0.253. The van der Waals surface area contributed by atoms with E-state index >= 15 is 0 Å². The monoisotopic (exact) mass is 645 g/mol. The van der Waals surface area contributed by atoms with Crippen LogP contribution >= 0.6 is 56.9 Å². The summed E-state index contributed by atoms with van der Waals surface area (Å²) in [5.74, 6) is -1.15. The second-order valence-electron chi connectivity index (χ2n) is 5.66. The van der Waals surface area contributed by atoms with Crippen LogP contribution in [0.25, 0.3) is 6.08 Å². The first-order chi connectivity index (χ1) is 13.7. The number of esters is 2. The lowest BCUT2D eigenvalue weighted by molar-refractivity contribution is -0.148. The maximum atomic E-state index is 12.6. The summed E-state index contributed by atoms with van der Waals surface area (Å²) in [6, 6.07) is 2.53. The molecule has 29 heavy (non-hydrogen) atoms. The van der Waals surface area contributed by atoms with Gasteiger partial charge in [0, 0.05) is 0 Å². The highest BCUT2D eigenvalue weighted by molar-refractivity contribution is 14.1. The van der Waals surface area contributed by atoms with E-state index in [1.54, 1.807) is 25.1 Å². The number of ether oxygens (including phenoxy) is 3. The van der Waals surface area contributed by atoms with Gasteiger partial charge in [0.05, 0.1) is 25.8 Å². The average molecular weight is 645 g/mol. The van der Waals surface area contributed by atoms with Crippen LogP contribution in [0.5, 0.6) is 5.75 Å². The van der Waals surface area contributed by atoms with Crippen LogP contribution in [0.4, 0.5) is 4.79 Å². The summed E-state index contributed by atoms with van der Waals surface area (Å²) in [6.07, 6.45) is 1.58. The molecule has 1 atom stereocenters. The second kappa shape index (κ2) is 10.6. The summed E-state index contributed by atoms with van der Waals surface area (Å²) in [6.45, 7) is 3.23. The number of hydrogen-bond donors (Lipinski definition) is 0. The highest BCUT2D eigenvalue weighted by atomic mass is 127. The van der Waals surface area contributed by atoms with Crippen molar-refractivity contribution in [2.45, 2.75) is 19.9 Å². The van der Waals surface area contributed by atoms with E-state index in [0.29, 0.717) is 11.3 Å². The summed E-state index contributed by atoms with van der Waals surface area (Å²) in [7, 11) is 1.20. The number of nitrogens with zero attached hydrogens (tertiary/aromatic N) is 1. The summed E-state index contributed by atoms with van der Waals surface area (Å²) >= 11 is 4.89. The lowest BCUT2D eigenvalue weighted by Crippen LogP contribution is -2.42. The molecule has 0 radical (unpaired) electrons. The number of carbonyl (C=O) groups excluding carboxylic acids is 4. The van der Waals surface area contributed by atoms with E-state index in [0.717, 1.165) is 23.8 Å². The minimum atomic E-state index is -1.00. The predicted octanol–water partition coefficient (Wildman–Crippen LogP) is 3.44. The number of thioether (sulfide) groups is 1. The number of carbonyl (C=O) groups is 4. The van der Waals surface area contributed by atoms with Crippen LogP contribution in [-0.2, 0) is 23.9 Å². The Bertz CT molecular complexity index is 864. The van der Waals surface area contributed by atoms with Gasteiger partial charge in [0.1, 0.15) is 11.8 Å². The van der Waals surface area contributed by atoms with Gasteiger partial charge in [0.15, 0.2) is 6.61 Å². The normalized spacial score (nSPS) is 16.2. The van der Waals surface area contributed by atoms with Crippen molar-refractivity contribution in [2.24, 2.45) is 0 Å². The topological polar surface area (TPSA) is 99.2 Å². The van der Waals surface area contributed by atoms with E-state index in [-0.39, 0.29) is 18.1 Å². The Morgan fingerprint density at radius 1 is 1.24 bits per heavy atom. The Balaban J connectivity index is 2.22. The van der Waals surface area contributed by atoms with E-state index in [1.807, 2.05) is 0 Å². The first kappa shape index (κ1) is 23.9. The lowest BCUT2D eigenvalue weighted by atomic mass is 10.2. The van der Waals surface area contributed by atoms with Crippen molar-refractivity contribution in [3.05, 3.63) is 29.7 Å². The molecular weight excluding hydrogens is 628 g/mol. The number of hydrogen-bond acceptors (Lipinski definition) is 8. The fourth-order valence-corrected chi connectivity index (χ4v) is 5.41. The Labute approximate surface area is 199 Å². The first-order valence-electron chi connectivity index (χ1n) is 8.31. The zero-order valence-corrected chi connectivity index (χ0v) is 20.8. The van der Waals surface area contributed by atoms with Gasteiger partial charge in [-0.1, -0.05) is 0 Å². The third-order valence-corrected chi connectivity index (χ3v) is 6.20. The molecule has 0 unspecified atom stereocenters. The summed E-state index contributed by atoms with van der Waals surface area (Å²) in [4.78, 5) is 49.0. The SMILES string of the molecule is CCOC(=O)COc1c(I)cc(/C=C2/SC(=O)N([C@H](C)C(=O)OC)C2=O)cc1I. The van der Waals surface area contributed by atoms with Gasteiger partial charge in [0.2, 0.25) is 0 Å². The highest BCUT2D eigenvalue weighted by Gasteiger charge is 2.41. The molecule has 1 saturated heterocycles. The zero-order chi connectivity index (χ0) is 21.7. The van der Waals surface area contributed by atoms with E-state index in [2.05, 4.69) is 49.9 Å². The number of amides is 2. The summed E-state index contributed by atoms with van der Waals surface area (Å²) < 4.78 is 16.4. The molecule has 1 aromatic carbocycles. The van der Waals surface area contributed by atoms with E-state index in [9.17, 15) is 19.2 Å². The van der Waals surface area contributed by atoms with Crippen LogP contribution in [0.1, 0.15) is 19.4 Å². The molecule has 8 nitrogen and oxygen atoms in total. The summed E-state index contributed by atoms with van der Waals surface area (Å²) in [5, 5.41) is -0.530. The standard InChI is InChI=1S/C18H17I2NO7S/c1-4-27-14(22)8-28-15-11(19)5-10(6-12(15)20)7-13-16(23)21(18(25)29-13)9(2)17(24)26-3/h5-7,9H,4,8H2,1-3H3/b13-7+/t9-/m1/s1. The molecule has 0 aromatic heterocycles. The molecular formula is C18H17I2NO7S. The zero-order valence-electron chi connectivity index (χ0n) is 15.7. The molecule has 1 aliphatic heterocycles. The Kier molecular flexibility index (Phi) is 8.75. The number of methoxy groups -OCH3 is 1. The number of benzene rings is 1. The van der Waals surface area contributed by atoms with Crippen LogP contribution < -0.4 is 4.74 Å². The molecule has 1 fully saturated rings. The lowest BCUT2D eigenvalue weighted by Gasteiger charge is -2.18. The number of imide groups is 1. The first-order valence-corrected chi connectivity index (χ1v) is 11.3. The van der Waals surface area contributed by atoms with Gasteiger partial charge in [0.25, 0.3) is 11.1 Å². The minimum Gasteiger partial charge on any atom is -0.480 e. The van der Waals surface area contributed by atoms with Gasteiger partial charge < -0.3 is 14.2 Å². The maximum Gasteiger partial charge on any atom is 0.344 e. The molecule has 2 rings (SSSR count). The molecule has 0 spiro atoms. The molecule has 1 aromatic rings. The molecule has 11 heteroatoms. The molecule has 0 saturated carbocycles. The maximum absolute atomic E-state index is 12.6. The van der Waals surface area contributed by atoms with E-state index < -0.39 is 29.1 Å². The van der Waals surface area contributed by atoms with Crippen molar-refractivity contribution < 1.29 is 33.4 Å². The molecule has 156 valence electrons. The van der Waals surface area contributed by atoms with Crippen LogP contribution in [-0.4, -0.2) is 54.4 Å². The molecule has 0 aliphatic carbocycles. The van der Waals surface area contributed by atoms with Gasteiger partial charge in [-0.3, -0.25) is 14.5 Å². The highest BCUT2D eigenvalue weighted by Crippen LogP contribution is 2.35. The average Bonchev–Trinajstić information content (AvgIpc) is 2.93. The van der Waals surface area contributed by atoms with Crippen LogP contribution in [0, 0.1) is 7.14 Å². The molecule has 0 N–H and O–H groups in total. The van der Waals surface area contributed by atoms with Gasteiger partial charge >= 0.3 is 11.9 Å². The van der Waals surface area contributed by atoms with E-state index in [4.69, 9.17) is 9.47 Å². The van der Waals surface area contributed by atoms with Crippen molar-refractivity contribution in [3.8, 4) is 5.75 Å². The van der Waals surface area contributed by atoms with E-state index in [1.165, 1.54) is 14.0 Å². The molecule has 1 aliphatic rings. The molecule has 0 bridgehead atoms. The largest absolute Gasteiger partial charge is 0.480 e. The predicted molar refractivity (Wildman–Crippen MR) is 123 cm³/mol. The second-order valence-corrected chi connectivity index (χ2v) is 8.98. The van der Waals surface area contributed by atoms with Gasteiger partial charge in [-0.05, 0) is 94.6 Å². The van der Waals surface area contributed by atoms with Crippen molar-refractivity contribution in [1.82, 2.24) is 4.90 Å². The Morgan fingerprint density at radius 2 is 1.86 bits per heavy atom.